The Hall–Kier alpha value is -2.64. The van der Waals surface area contributed by atoms with E-state index in [0.717, 1.165) is 24.2 Å². The molecule has 1 aliphatic carbocycles. The van der Waals surface area contributed by atoms with Gasteiger partial charge in [-0.05, 0) is 54.8 Å². The molecule has 2 aliphatic rings. The molecule has 1 saturated carbocycles. The van der Waals surface area contributed by atoms with Crippen molar-refractivity contribution in [3.05, 3.63) is 70.5 Å². The molecule has 0 amide bonds. The minimum atomic E-state index is -0.723. The topological polar surface area (TPSA) is 41.7 Å². The summed E-state index contributed by atoms with van der Waals surface area (Å²) in [6.45, 7) is 2.58. The average molecular weight is 350 g/mol. The SMILES string of the molecule is O=C(O)CC[NH+]1Cc2ccc(C#Cc3ccc(F)cc3)cc2C2(CC2)C1. The highest BCUT2D eigenvalue weighted by Crippen LogP contribution is 2.49. The molecule has 4 rings (SSSR count). The highest BCUT2D eigenvalue weighted by atomic mass is 19.1. The maximum absolute atomic E-state index is 13.0. The Morgan fingerprint density at radius 2 is 1.81 bits per heavy atom. The smallest absolute Gasteiger partial charge is 0.309 e. The molecule has 1 aliphatic heterocycles. The Balaban J connectivity index is 1.56. The molecule has 1 atom stereocenters. The molecular weight excluding hydrogens is 329 g/mol. The number of nitrogens with one attached hydrogen (secondary N) is 1. The Labute approximate surface area is 152 Å². The third-order valence-electron chi connectivity index (χ3n) is 5.45. The van der Waals surface area contributed by atoms with Crippen LogP contribution < -0.4 is 4.90 Å². The van der Waals surface area contributed by atoms with Crippen LogP contribution in [0.15, 0.2) is 42.5 Å². The number of carboxylic acid groups (broad SMARTS) is 1. The molecule has 0 bridgehead atoms. The maximum atomic E-state index is 13.0. The number of aliphatic carboxylic acids is 1. The van der Waals surface area contributed by atoms with Crippen molar-refractivity contribution < 1.29 is 19.2 Å². The minimum absolute atomic E-state index is 0.217. The predicted molar refractivity (Wildman–Crippen MR) is 96.4 cm³/mol. The van der Waals surface area contributed by atoms with Gasteiger partial charge in [-0.3, -0.25) is 4.79 Å². The van der Waals surface area contributed by atoms with Gasteiger partial charge in [0.15, 0.2) is 0 Å². The van der Waals surface area contributed by atoms with Gasteiger partial charge in [0, 0.05) is 22.1 Å². The monoisotopic (exact) mass is 350 g/mol. The number of fused-ring (bicyclic) bond motifs is 2. The van der Waals surface area contributed by atoms with Crippen molar-refractivity contribution in [3.8, 4) is 11.8 Å². The van der Waals surface area contributed by atoms with Crippen LogP contribution in [0.5, 0.6) is 0 Å². The molecule has 4 heteroatoms. The molecule has 3 nitrogen and oxygen atoms in total. The molecule has 132 valence electrons. The standard InChI is InChI=1S/C22H20FNO2/c23-19-7-4-16(5-8-19)1-2-17-3-6-18-14-24(12-9-21(25)26)15-22(10-11-22)20(18)13-17/h3-8,13H,9-12,14-15H2,(H,25,26)/p+1. The zero-order valence-corrected chi connectivity index (χ0v) is 14.5. The molecule has 2 aromatic carbocycles. The van der Waals surface area contributed by atoms with E-state index in [1.165, 1.54) is 41.0 Å². The van der Waals surface area contributed by atoms with Gasteiger partial charge in [-0.25, -0.2) is 4.39 Å². The lowest BCUT2D eigenvalue weighted by atomic mass is 9.85. The van der Waals surface area contributed by atoms with E-state index in [4.69, 9.17) is 5.11 Å². The first-order valence-electron chi connectivity index (χ1n) is 9.00. The number of benzene rings is 2. The second kappa shape index (κ2) is 6.59. The summed E-state index contributed by atoms with van der Waals surface area (Å²) in [5, 5.41) is 8.94. The number of carbonyl (C=O) groups is 1. The molecule has 0 aromatic heterocycles. The van der Waals surface area contributed by atoms with Crippen molar-refractivity contribution in [1.29, 1.82) is 0 Å². The van der Waals surface area contributed by atoms with Gasteiger partial charge in [0.2, 0.25) is 0 Å². The maximum Gasteiger partial charge on any atom is 0.309 e. The predicted octanol–water partition coefficient (Wildman–Crippen LogP) is 2.13. The van der Waals surface area contributed by atoms with E-state index in [1.807, 2.05) is 6.07 Å². The van der Waals surface area contributed by atoms with Crippen molar-refractivity contribution in [3.63, 3.8) is 0 Å². The molecule has 0 saturated heterocycles. The van der Waals surface area contributed by atoms with Crippen LogP contribution in [-0.4, -0.2) is 24.2 Å². The largest absolute Gasteiger partial charge is 0.481 e. The zero-order chi connectivity index (χ0) is 18.1. The van der Waals surface area contributed by atoms with Crippen molar-refractivity contribution in [2.45, 2.75) is 31.2 Å². The lowest BCUT2D eigenvalue weighted by Crippen LogP contribution is -3.12. The summed E-state index contributed by atoms with van der Waals surface area (Å²) in [6.07, 6.45) is 2.57. The van der Waals surface area contributed by atoms with E-state index < -0.39 is 5.97 Å². The zero-order valence-electron chi connectivity index (χ0n) is 14.5. The fourth-order valence-electron chi connectivity index (χ4n) is 3.94. The van der Waals surface area contributed by atoms with Gasteiger partial charge < -0.3 is 10.0 Å². The Bertz CT molecular complexity index is 904. The summed E-state index contributed by atoms with van der Waals surface area (Å²) in [7, 11) is 0. The normalized spacial score (nSPS) is 19.3. The number of rotatable bonds is 3. The fourth-order valence-corrected chi connectivity index (χ4v) is 3.94. The van der Waals surface area contributed by atoms with E-state index in [9.17, 15) is 9.18 Å². The summed E-state index contributed by atoms with van der Waals surface area (Å²) in [6, 6.07) is 12.6. The molecule has 1 heterocycles. The molecule has 1 fully saturated rings. The minimum Gasteiger partial charge on any atom is -0.481 e. The number of halogens is 1. The van der Waals surface area contributed by atoms with Crippen LogP contribution in [0, 0.1) is 17.7 Å². The van der Waals surface area contributed by atoms with Gasteiger partial charge in [-0.1, -0.05) is 17.9 Å². The summed E-state index contributed by atoms with van der Waals surface area (Å²) in [5.41, 5.74) is 4.71. The number of hydrogen-bond donors (Lipinski definition) is 2. The van der Waals surface area contributed by atoms with Crippen molar-refractivity contribution in [1.82, 2.24) is 0 Å². The van der Waals surface area contributed by atoms with Gasteiger partial charge in [0.1, 0.15) is 12.4 Å². The molecule has 0 radical (unpaired) electrons. The van der Waals surface area contributed by atoms with Gasteiger partial charge >= 0.3 is 5.97 Å². The molecule has 1 spiro atoms. The fraction of sp³-hybridized carbons (Fsp3) is 0.318. The molecule has 26 heavy (non-hydrogen) atoms. The lowest BCUT2D eigenvalue weighted by Gasteiger charge is -2.32. The van der Waals surface area contributed by atoms with Crippen molar-refractivity contribution >= 4 is 5.97 Å². The number of carboxylic acids is 1. The van der Waals surface area contributed by atoms with E-state index >= 15 is 0 Å². The highest BCUT2D eigenvalue weighted by Gasteiger charge is 2.51. The van der Waals surface area contributed by atoms with Crippen molar-refractivity contribution in [2.24, 2.45) is 0 Å². The summed E-state index contributed by atoms with van der Waals surface area (Å²) < 4.78 is 13.0. The summed E-state index contributed by atoms with van der Waals surface area (Å²) in [4.78, 5) is 12.2. The van der Waals surface area contributed by atoms with Crippen LogP contribution in [0.3, 0.4) is 0 Å². The second-order valence-corrected chi connectivity index (χ2v) is 7.41. The van der Waals surface area contributed by atoms with Gasteiger partial charge in [-0.15, -0.1) is 0 Å². The summed E-state index contributed by atoms with van der Waals surface area (Å²) >= 11 is 0. The average Bonchev–Trinajstić information content (AvgIpc) is 3.40. The first-order chi connectivity index (χ1) is 12.5. The van der Waals surface area contributed by atoms with Gasteiger partial charge in [0.25, 0.3) is 0 Å². The third kappa shape index (κ3) is 3.49. The lowest BCUT2D eigenvalue weighted by molar-refractivity contribution is -0.918. The highest BCUT2D eigenvalue weighted by molar-refractivity contribution is 5.66. The van der Waals surface area contributed by atoms with Crippen molar-refractivity contribution in [2.75, 3.05) is 13.1 Å². The first kappa shape index (κ1) is 16.8. The Morgan fingerprint density at radius 1 is 1.12 bits per heavy atom. The molecule has 1 unspecified atom stereocenters. The second-order valence-electron chi connectivity index (χ2n) is 7.41. The van der Waals surface area contributed by atoms with E-state index in [0.29, 0.717) is 6.54 Å². The quantitative estimate of drug-likeness (QED) is 0.833. The van der Waals surface area contributed by atoms with Crippen LogP contribution in [0.1, 0.15) is 41.5 Å². The van der Waals surface area contributed by atoms with Gasteiger partial charge in [-0.2, -0.15) is 0 Å². The van der Waals surface area contributed by atoms with Crippen LogP contribution >= 0.6 is 0 Å². The molecule has 2 aromatic rings. The molecular formula is C22H21FNO2+. The summed E-state index contributed by atoms with van der Waals surface area (Å²) in [5.74, 6) is 5.31. The van der Waals surface area contributed by atoms with Gasteiger partial charge in [0.05, 0.1) is 19.5 Å². The number of quaternary nitrogens is 1. The van der Waals surface area contributed by atoms with E-state index in [1.54, 1.807) is 12.1 Å². The first-order valence-corrected chi connectivity index (χ1v) is 9.00. The van der Waals surface area contributed by atoms with Crippen LogP contribution in [0.4, 0.5) is 4.39 Å². The van der Waals surface area contributed by atoms with Crippen LogP contribution in [0.2, 0.25) is 0 Å². The van der Waals surface area contributed by atoms with Crippen LogP contribution in [-0.2, 0) is 16.8 Å². The van der Waals surface area contributed by atoms with Crippen LogP contribution in [0.25, 0.3) is 0 Å². The Kier molecular flexibility index (Phi) is 4.26. The van der Waals surface area contributed by atoms with E-state index in [2.05, 4.69) is 24.0 Å². The third-order valence-corrected chi connectivity index (χ3v) is 5.45. The number of hydrogen-bond acceptors (Lipinski definition) is 1. The molecule has 2 N–H and O–H groups in total. The Morgan fingerprint density at radius 3 is 2.50 bits per heavy atom. The van der Waals surface area contributed by atoms with E-state index in [-0.39, 0.29) is 17.7 Å².